The van der Waals surface area contributed by atoms with Crippen LogP contribution in [0.3, 0.4) is 0 Å². The lowest BCUT2D eigenvalue weighted by Crippen LogP contribution is -2.20. The van der Waals surface area contributed by atoms with Crippen LogP contribution in [-0.2, 0) is 0 Å². The maximum Gasteiger partial charge on any atom is 0.121 e. The lowest BCUT2D eigenvalue weighted by Gasteiger charge is -2.18. The zero-order valence-electron chi connectivity index (χ0n) is 13.1. The SMILES string of the molecule is C[C@H](CO)Oc1cccc(N/C(N)=C\C(=N)C(C)(C)C)c1. The largest absolute Gasteiger partial charge is 0.488 e. The molecular weight excluding hydrogens is 266 g/mol. The lowest BCUT2D eigenvalue weighted by molar-refractivity contribution is 0.130. The van der Waals surface area contributed by atoms with Crippen molar-refractivity contribution in [3.63, 3.8) is 0 Å². The van der Waals surface area contributed by atoms with Crippen LogP contribution in [0.5, 0.6) is 5.75 Å². The molecule has 1 aromatic carbocycles. The summed E-state index contributed by atoms with van der Waals surface area (Å²) in [5, 5.41) is 20.0. The minimum atomic E-state index is -0.262. The molecule has 0 saturated heterocycles. The summed E-state index contributed by atoms with van der Waals surface area (Å²) in [6.07, 6.45) is 1.35. The summed E-state index contributed by atoms with van der Waals surface area (Å²) in [7, 11) is 0. The average molecular weight is 291 g/mol. The van der Waals surface area contributed by atoms with Crippen molar-refractivity contribution in [1.82, 2.24) is 0 Å². The first-order valence-electron chi connectivity index (χ1n) is 6.93. The number of benzene rings is 1. The fourth-order valence-electron chi connectivity index (χ4n) is 1.49. The van der Waals surface area contributed by atoms with Crippen molar-refractivity contribution in [1.29, 1.82) is 5.41 Å². The van der Waals surface area contributed by atoms with E-state index in [9.17, 15) is 0 Å². The molecule has 0 heterocycles. The van der Waals surface area contributed by atoms with Gasteiger partial charge in [-0.15, -0.1) is 0 Å². The highest BCUT2D eigenvalue weighted by Gasteiger charge is 2.15. The maximum atomic E-state index is 8.99. The molecule has 0 unspecified atom stereocenters. The molecule has 5 heteroatoms. The van der Waals surface area contributed by atoms with E-state index < -0.39 is 0 Å². The Morgan fingerprint density at radius 1 is 1.48 bits per heavy atom. The molecule has 0 aromatic heterocycles. The van der Waals surface area contributed by atoms with Crippen molar-refractivity contribution in [3.05, 3.63) is 36.2 Å². The number of hydrogen-bond donors (Lipinski definition) is 4. The second-order valence-corrected chi connectivity index (χ2v) is 6.03. The van der Waals surface area contributed by atoms with E-state index in [0.717, 1.165) is 5.69 Å². The van der Waals surface area contributed by atoms with Gasteiger partial charge in [0.1, 0.15) is 17.7 Å². The summed E-state index contributed by atoms with van der Waals surface area (Å²) in [5.74, 6) is 1.06. The second kappa shape index (κ2) is 7.13. The molecule has 0 saturated carbocycles. The number of hydrogen-bond acceptors (Lipinski definition) is 5. The third-order valence-corrected chi connectivity index (χ3v) is 2.82. The van der Waals surface area contributed by atoms with Crippen molar-refractivity contribution in [2.45, 2.75) is 33.8 Å². The molecule has 1 atom stereocenters. The quantitative estimate of drug-likeness (QED) is 0.606. The van der Waals surface area contributed by atoms with Crippen molar-refractivity contribution >= 4 is 11.4 Å². The van der Waals surface area contributed by atoms with E-state index in [1.165, 1.54) is 0 Å². The molecule has 5 nitrogen and oxygen atoms in total. The Kier molecular flexibility index (Phi) is 5.79. The Morgan fingerprint density at radius 2 is 2.14 bits per heavy atom. The number of ether oxygens (including phenoxy) is 1. The van der Waals surface area contributed by atoms with Gasteiger partial charge in [0.15, 0.2) is 0 Å². The van der Waals surface area contributed by atoms with Crippen LogP contribution in [0.1, 0.15) is 27.7 Å². The molecule has 0 radical (unpaired) electrons. The van der Waals surface area contributed by atoms with Crippen molar-refractivity contribution in [3.8, 4) is 5.75 Å². The van der Waals surface area contributed by atoms with Crippen molar-refractivity contribution in [2.24, 2.45) is 11.1 Å². The summed E-state index contributed by atoms with van der Waals surface area (Å²) in [6.45, 7) is 7.64. The van der Waals surface area contributed by atoms with Crippen LogP contribution in [0.4, 0.5) is 5.69 Å². The first kappa shape index (κ1) is 17.0. The van der Waals surface area contributed by atoms with Gasteiger partial charge in [0.25, 0.3) is 0 Å². The number of nitrogens with one attached hydrogen (secondary N) is 2. The third-order valence-electron chi connectivity index (χ3n) is 2.82. The molecule has 0 aliphatic carbocycles. The van der Waals surface area contributed by atoms with E-state index >= 15 is 0 Å². The van der Waals surface area contributed by atoms with E-state index in [1.807, 2.05) is 39.0 Å². The van der Waals surface area contributed by atoms with Crippen LogP contribution in [0.25, 0.3) is 0 Å². The number of aliphatic hydroxyl groups excluding tert-OH is 1. The van der Waals surface area contributed by atoms with E-state index in [1.54, 1.807) is 19.1 Å². The van der Waals surface area contributed by atoms with Gasteiger partial charge in [-0.3, -0.25) is 0 Å². The van der Waals surface area contributed by atoms with Gasteiger partial charge in [0.2, 0.25) is 0 Å². The number of nitrogens with two attached hydrogens (primary N) is 1. The Hall–Kier alpha value is -2.01. The van der Waals surface area contributed by atoms with Crippen LogP contribution in [0.15, 0.2) is 36.2 Å². The number of aliphatic hydroxyl groups is 1. The third kappa shape index (κ3) is 5.87. The highest BCUT2D eigenvalue weighted by Crippen LogP contribution is 2.20. The van der Waals surface area contributed by atoms with Gasteiger partial charge in [0.05, 0.1) is 6.61 Å². The zero-order valence-corrected chi connectivity index (χ0v) is 13.1. The molecule has 0 amide bonds. The maximum absolute atomic E-state index is 8.99. The number of allylic oxidation sites excluding steroid dienone is 1. The highest BCUT2D eigenvalue weighted by molar-refractivity contribution is 5.97. The van der Waals surface area contributed by atoms with Gasteiger partial charge in [-0.1, -0.05) is 26.8 Å². The van der Waals surface area contributed by atoms with Gasteiger partial charge in [-0.25, -0.2) is 0 Å². The zero-order chi connectivity index (χ0) is 16.0. The second-order valence-electron chi connectivity index (χ2n) is 6.03. The Morgan fingerprint density at radius 3 is 2.71 bits per heavy atom. The normalized spacial score (nSPS) is 13.7. The van der Waals surface area contributed by atoms with Crippen LogP contribution in [0, 0.1) is 10.8 Å². The molecule has 0 spiro atoms. The monoisotopic (exact) mass is 291 g/mol. The van der Waals surface area contributed by atoms with Crippen LogP contribution in [-0.4, -0.2) is 23.5 Å². The fraction of sp³-hybridized carbons (Fsp3) is 0.438. The molecule has 1 aromatic rings. The number of anilines is 1. The molecule has 0 aliphatic rings. The molecule has 116 valence electrons. The summed E-state index contributed by atoms with van der Waals surface area (Å²) in [4.78, 5) is 0. The lowest BCUT2D eigenvalue weighted by atomic mass is 9.90. The van der Waals surface area contributed by atoms with Gasteiger partial charge in [-0.05, 0) is 25.1 Å². The van der Waals surface area contributed by atoms with Crippen LogP contribution < -0.4 is 15.8 Å². The molecule has 5 N–H and O–H groups in total. The minimum Gasteiger partial charge on any atom is -0.488 e. The van der Waals surface area contributed by atoms with Gasteiger partial charge >= 0.3 is 0 Å². The van der Waals surface area contributed by atoms with Crippen molar-refractivity contribution < 1.29 is 9.84 Å². The average Bonchev–Trinajstić information content (AvgIpc) is 2.37. The summed E-state index contributed by atoms with van der Waals surface area (Å²) < 4.78 is 5.53. The summed E-state index contributed by atoms with van der Waals surface area (Å²) >= 11 is 0. The predicted molar refractivity (Wildman–Crippen MR) is 86.7 cm³/mol. The predicted octanol–water partition coefficient (Wildman–Crippen LogP) is 2.72. The smallest absolute Gasteiger partial charge is 0.121 e. The van der Waals surface area contributed by atoms with Gasteiger partial charge in [0, 0.05) is 22.9 Å². The minimum absolute atomic E-state index is 0.0392. The molecule has 0 aliphatic heterocycles. The van der Waals surface area contributed by atoms with E-state index in [4.69, 9.17) is 21.0 Å². The first-order chi connectivity index (χ1) is 9.72. The standard InChI is InChI=1S/C16H25N3O2/c1-11(10-20)21-13-7-5-6-12(8-13)19-15(18)9-14(17)16(2,3)4/h5-9,11,17,19-20H,10,18H2,1-4H3/b15-9-,17-14?/t11-/m1/s1. The van der Waals surface area contributed by atoms with Crippen molar-refractivity contribution in [2.75, 3.05) is 11.9 Å². The summed E-state index contributed by atoms with van der Waals surface area (Å²) in [6, 6.07) is 7.31. The highest BCUT2D eigenvalue weighted by atomic mass is 16.5. The summed E-state index contributed by atoms with van der Waals surface area (Å²) in [5.41, 5.74) is 6.89. The topological polar surface area (TPSA) is 91.4 Å². The Bertz CT molecular complexity index is 518. The van der Waals surface area contributed by atoms with E-state index in [-0.39, 0.29) is 18.1 Å². The molecule has 1 rings (SSSR count). The number of rotatable bonds is 6. The molecule has 21 heavy (non-hydrogen) atoms. The van der Waals surface area contributed by atoms with Crippen LogP contribution >= 0.6 is 0 Å². The molecule has 0 bridgehead atoms. The van der Waals surface area contributed by atoms with Crippen LogP contribution in [0.2, 0.25) is 0 Å². The van der Waals surface area contributed by atoms with E-state index in [0.29, 0.717) is 17.3 Å². The van der Waals surface area contributed by atoms with E-state index in [2.05, 4.69) is 5.32 Å². The molecular formula is C16H25N3O2. The van der Waals surface area contributed by atoms with Gasteiger partial charge < -0.3 is 26.3 Å². The first-order valence-corrected chi connectivity index (χ1v) is 6.93. The Labute approximate surface area is 126 Å². The van der Waals surface area contributed by atoms with Gasteiger partial charge in [-0.2, -0.15) is 0 Å². The molecule has 0 fully saturated rings. The fourth-order valence-corrected chi connectivity index (χ4v) is 1.49. The Balaban J connectivity index is 2.77.